The zero-order valence-electron chi connectivity index (χ0n) is 19.6. The molecule has 0 saturated carbocycles. The van der Waals surface area contributed by atoms with E-state index < -0.39 is 0 Å². The molecule has 1 aliphatic carbocycles. The Kier molecular flexibility index (Phi) is 6.31. The molecular weight excluding hydrogens is 429 g/mol. The predicted molar refractivity (Wildman–Crippen MR) is 131 cm³/mol. The van der Waals surface area contributed by atoms with Crippen LogP contribution < -0.4 is 5.56 Å². The van der Waals surface area contributed by atoms with Gasteiger partial charge in [-0.25, -0.2) is 9.49 Å². The fourth-order valence-electron chi connectivity index (χ4n) is 5.30. The van der Waals surface area contributed by atoms with Crippen LogP contribution in [0.1, 0.15) is 71.3 Å². The van der Waals surface area contributed by atoms with Gasteiger partial charge >= 0.3 is 0 Å². The van der Waals surface area contributed by atoms with Crippen LogP contribution in [0.5, 0.6) is 0 Å². The average molecular weight is 460 g/mol. The number of halogens is 1. The number of aromatic amines is 1. The van der Waals surface area contributed by atoms with Crippen molar-refractivity contribution in [1.82, 2.24) is 15.1 Å². The highest BCUT2D eigenvalue weighted by Crippen LogP contribution is 2.31. The Morgan fingerprint density at radius 2 is 1.82 bits per heavy atom. The number of hydrogen-bond donors (Lipinski definition) is 1. The number of carbonyl (C=O) groups excluding carboxylic acids is 1. The summed E-state index contributed by atoms with van der Waals surface area (Å²) in [4.78, 5) is 26.9. The van der Waals surface area contributed by atoms with Gasteiger partial charge in [0, 0.05) is 29.8 Å². The van der Waals surface area contributed by atoms with Crippen molar-refractivity contribution in [2.24, 2.45) is 0 Å². The van der Waals surface area contributed by atoms with Crippen molar-refractivity contribution in [1.29, 1.82) is 0 Å². The Bertz CT molecular complexity index is 1280. The van der Waals surface area contributed by atoms with Crippen LogP contribution in [-0.4, -0.2) is 34.1 Å². The van der Waals surface area contributed by atoms with Gasteiger partial charge in [-0.05, 0) is 91.8 Å². The summed E-state index contributed by atoms with van der Waals surface area (Å²) < 4.78 is 14.9. The van der Waals surface area contributed by atoms with E-state index >= 15 is 0 Å². The van der Waals surface area contributed by atoms with E-state index in [1.54, 1.807) is 12.1 Å². The normalized spacial score (nSPS) is 16.4. The number of likely N-dealkylation sites (tertiary alicyclic amines) is 1. The Morgan fingerprint density at radius 1 is 1.06 bits per heavy atom. The molecule has 34 heavy (non-hydrogen) atoms. The van der Waals surface area contributed by atoms with Crippen molar-refractivity contribution in [3.63, 3.8) is 0 Å². The van der Waals surface area contributed by atoms with E-state index in [2.05, 4.69) is 17.1 Å². The lowest BCUT2D eigenvalue weighted by molar-refractivity contribution is 0.0793. The topological polar surface area (TPSA) is 66.1 Å². The second-order valence-corrected chi connectivity index (χ2v) is 9.59. The zero-order valence-corrected chi connectivity index (χ0v) is 19.6. The molecule has 0 spiro atoms. The molecule has 2 heterocycles. The first-order valence-electron chi connectivity index (χ1n) is 12.3. The molecule has 1 aromatic heterocycles. The first-order chi connectivity index (χ1) is 16.5. The fourth-order valence-corrected chi connectivity index (χ4v) is 5.30. The Morgan fingerprint density at radius 3 is 2.62 bits per heavy atom. The van der Waals surface area contributed by atoms with Crippen LogP contribution in [0.4, 0.5) is 4.39 Å². The van der Waals surface area contributed by atoms with E-state index in [-0.39, 0.29) is 23.2 Å². The maximum atomic E-state index is 14.9. The monoisotopic (exact) mass is 459 g/mol. The van der Waals surface area contributed by atoms with Crippen LogP contribution in [-0.2, 0) is 19.3 Å². The SMILES string of the molecule is CC(Cc1n[nH]c(=O)c2c1CCCC2)c1ccc(F)c(-c2cccc(C(=O)N3CCCC3)c2)c1. The van der Waals surface area contributed by atoms with Gasteiger partial charge in [-0.15, -0.1) is 0 Å². The standard InChI is InChI=1S/C28H30FN3O2/c1-18(15-26-22-9-2-3-10-23(22)27(33)31-30-26)19-11-12-25(29)24(17-19)20-7-6-8-21(16-20)28(34)32-13-4-5-14-32/h6-8,11-12,16-18H,2-5,9-10,13-15H2,1H3,(H,31,33). The van der Waals surface area contributed by atoms with Gasteiger partial charge in [-0.1, -0.05) is 25.1 Å². The summed E-state index contributed by atoms with van der Waals surface area (Å²) >= 11 is 0. The average Bonchev–Trinajstić information content (AvgIpc) is 3.41. The molecule has 1 unspecified atom stereocenters. The summed E-state index contributed by atoms with van der Waals surface area (Å²) in [5.74, 6) is -0.197. The van der Waals surface area contributed by atoms with Gasteiger partial charge in [-0.3, -0.25) is 9.59 Å². The summed E-state index contributed by atoms with van der Waals surface area (Å²) in [7, 11) is 0. The third-order valence-corrected chi connectivity index (χ3v) is 7.26. The van der Waals surface area contributed by atoms with E-state index in [1.165, 1.54) is 6.07 Å². The van der Waals surface area contributed by atoms with Crippen molar-refractivity contribution in [2.45, 2.75) is 57.8 Å². The summed E-state index contributed by atoms with van der Waals surface area (Å²) in [6.45, 7) is 3.67. The molecule has 0 radical (unpaired) electrons. The second-order valence-electron chi connectivity index (χ2n) is 9.59. The highest BCUT2D eigenvalue weighted by molar-refractivity contribution is 5.95. The number of H-pyrrole nitrogens is 1. The van der Waals surface area contributed by atoms with Gasteiger partial charge in [-0.2, -0.15) is 5.10 Å². The molecule has 1 amide bonds. The Labute approximate surface area is 199 Å². The first kappa shape index (κ1) is 22.5. The maximum absolute atomic E-state index is 14.9. The fraction of sp³-hybridized carbons (Fsp3) is 0.393. The molecule has 1 fully saturated rings. The molecule has 3 aromatic rings. The lowest BCUT2D eigenvalue weighted by Gasteiger charge is -2.20. The van der Waals surface area contributed by atoms with Gasteiger partial charge < -0.3 is 4.90 Å². The molecular formula is C28H30FN3O2. The molecule has 6 heteroatoms. The van der Waals surface area contributed by atoms with Crippen molar-refractivity contribution >= 4 is 5.91 Å². The predicted octanol–water partition coefficient (Wildman–Crippen LogP) is 5.04. The largest absolute Gasteiger partial charge is 0.339 e. The zero-order chi connectivity index (χ0) is 23.7. The number of nitrogens with zero attached hydrogens (tertiary/aromatic N) is 2. The summed E-state index contributed by atoms with van der Waals surface area (Å²) in [6, 6.07) is 12.5. The Balaban J connectivity index is 1.42. The lowest BCUT2D eigenvalue weighted by Crippen LogP contribution is -2.27. The molecule has 1 N–H and O–H groups in total. The van der Waals surface area contributed by atoms with E-state index in [0.29, 0.717) is 23.1 Å². The highest BCUT2D eigenvalue weighted by atomic mass is 19.1. The molecule has 1 saturated heterocycles. The molecule has 5 nitrogen and oxygen atoms in total. The minimum Gasteiger partial charge on any atom is -0.339 e. The molecule has 5 rings (SSSR count). The number of benzene rings is 2. The number of hydrogen-bond acceptors (Lipinski definition) is 3. The van der Waals surface area contributed by atoms with Crippen molar-refractivity contribution in [3.05, 3.63) is 86.6 Å². The number of fused-ring (bicyclic) bond motifs is 1. The van der Waals surface area contributed by atoms with Crippen molar-refractivity contribution < 1.29 is 9.18 Å². The second kappa shape index (κ2) is 9.53. The van der Waals surface area contributed by atoms with E-state index in [0.717, 1.165) is 74.0 Å². The Hall–Kier alpha value is -3.28. The van der Waals surface area contributed by atoms with Crippen LogP contribution in [0.15, 0.2) is 47.3 Å². The summed E-state index contributed by atoms with van der Waals surface area (Å²) in [6.07, 6.45) is 6.56. The van der Waals surface area contributed by atoms with Gasteiger partial charge in [0.15, 0.2) is 0 Å². The smallest absolute Gasteiger partial charge is 0.267 e. The number of amides is 1. The molecule has 0 bridgehead atoms. The van der Waals surface area contributed by atoms with Crippen molar-refractivity contribution in [3.8, 4) is 11.1 Å². The van der Waals surface area contributed by atoms with E-state index in [1.807, 2.05) is 29.2 Å². The third kappa shape index (κ3) is 4.41. The van der Waals surface area contributed by atoms with Crippen LogP contribution >= 0.6 is 0 Å². The molecule has 1 aliphatic heterocycles. The molecule has 2 aliphatic rings. The van der Waals surface area contributed by atoms with E-state index in [9.17, 15) is 14.0 Å². The van der Waals surface area contributed by atoms with Crippen molar-refractivity contribution in [2.75, 3.05) is 13.1 Å². The summed E-state index contributed by atoms with van der Waals surface area (Å²) in [5, 5.41) is 7.04. The lowest BCUT2D eigenvalue weighted by atomic mass is 9.87. The van der Waals surface area contributed by atoms with Gasteiger partial charge in [0.25, 0.3) is 11.5 Å². The highest BCUT2D eigenvalue weighted by Gasteiger charge is 2.22. The van der Waals surface area contributed by atoms with Crippen LogP contribution in [0.2, 0.25) is 0 Å². The van der Waals surface area contributed by atoms with E-state index in [4.69, 9.17) is 0 Å². The minimum absolute atomic E-state index is 0.0122. The first-order valence-corrected chi connectivity index (χ1v) is 12.3. The number of carbonyl (C=O) groups is 1. The maximum Gasteiger partial charge on any atom is 0.267 e. The number of rotatable bonds is 5. The number of nitrogens with one attached hydrogen (secondary N) is 1. The quantitative estimate of drug-likeness (QED) is 0.582. The molecule has 2 aromatic carbocycles. The molecule has 176 valence electrons. The van der Waals surface area contributed by atoms with Crippen LogP contribution in [0.25, 0.3) is 11.1 Å². The minimum atomic E-state index is -0.304. The molecule has 1 atom stereocenters. The number of aromatic nitrogens is 2. The van der Waals surface area contributed by atoms with Gasteiger partial charge in [0.05, 0.1) is 5.69 Å². The van der Waals surface area contributed by atoms with Gasteiger partial charge in [0.1, 0.15) is 5.82 Å². The van der Waals surface area contributed by atoms with Gasteiger partial charge in [0.2, 0.25) is 0 Å². The van der Waals surface area contributed by atoms with Crippen LogP contribution in [0.3, 0.4) is 0 Å². The van der Waals surface area contributed by atoms with Crippen LogP contribution in [0, 0.1) is 5.82 Å². The third-order valence-electron chi connectivity index (χ3n) is 7.26. The summed E-state index contributed by atoms with van der Waals surface area (Å²) in [5.41, 5.74) is 5.64.